The molecular formula is C23H24ClN3O4S. The minimum absolute atomic E-state index is 0.0257. The SMILES string of the molecule is CC(C)NC(=O)CSc1ccccc1C(=O)OCC(=O)N(CCC#N)c1cccc(Cl)c1. The fourth-order valence-electron chi connectivity index (χ4n) is 2.75. The first kappa shape index (κ1) is 25.2. The maximum absolute atomic E-state index is 12.7. The fraction of sp³-hybridized carbons (Fsp3) is 0.304. The first-order valence-electron chi connectivity index (χ1n) is 9.93. The highest BCUT2D eigenvalue weighted by Crippen LogP contribution is 2.24. The minimum Gasteiger partial charge on any atom is -0.452 e. The van der Waals surface area contributed by atoms with Crippen molar-refractivity contribution in [1.82, 2.24) is 5.32 Å². The Hall–Kier alpha value is -3.02. The number of rotatable bonds is 10. The van der Waals surface area contributed by atoms with Crippen molar-refractivity contribution in [2.75, 3.05) is 23.8 Å². The summed E-state index contributed by atoms with van der Waals surface area (Å²) < 4.78 is 5.25. The first-order chi connectivity index (χ1) is 15.3. The molecule has 0 fully saturated rings. The molecule has 0 radical (unpaired) electrons. The molecule has 1 N–H and O–H groups in total. The largest absolute Gasteiger partial charge is 0.452 e. The third kappa shape index (κ3) is 7.91. The van der Waals surface area contributed by atoms with Crippen LogP contribution in [0.3, 0.4) is 0 Å². The number of carbonyl (C=O) groups excluding carboxylic acids is 3. The van der Waals surface area contributed by atoms with Crippen LogP contribution in [0.15, 0.2) is 53.4 Å². The Balaban J connectivity index is 2.05. The van der Waals surface area contributed by atoms with Crippen LogP contribution < -0.4 is 10.2 Å². The summed E-state index contributed by atoms with van der Waals surface area (Å²) in [6, 6.07) is 15.4. The highest BCUT2D eigenvalue weighted by molar-refractivity contribution is 8.00. The van der Waals surface area contributed by atoms with Crippen LogP contribution in [0.2, 0.25) is 5.02 Å². The number of thioether (sulfide) groups is 1. The summed E-state index contributed by atoms with van der Waals surface area (Å²) >= 11 is 7.23. The Morgan fingerprint density at radius 1 is 1.19 bits per heavy atom. The Morgan fingerprint density at radius 2 is 1.94 bits per heavy atom. The number of benzene rings is 2. The molecule has 9 heteroatoms. The summed E-state index contributed by atoms with van der Waals surface area (Å²) in [5.74, 6) is -1.13. The van der Waals surface area contributed by atoms with Crippen LogP contribution in [-0.4, -0.2) is 42.7 Å². The molecule has 2 rings (SSSR count). The van der Waals surface area contributed by atoms with Gasteiger partial charge in [-0.25, -0.2) is 4.79 Å². The number of nitriles is 1. The van der Waals surface area contributed by atoms with Gasteiger partial charge < -0.3 is 15.0 Å². The third-order valence-electron chi connectivity index (χ3n) is 4.11. The van der Waals surface area contributed by atoms with Crippen molar-refractivity contribution in [2.45, 2.75) is 31.2 Å². The summed E-state index contributed by atoms with van der Waals surface area (Å²) in [5.41, 5.74) is 0.787. The van der Waals surface area contributed by atoms with Gasteiger partial charge in [0.1, 0.15) is 0 Å². The molecule has 0 aliphatic carbocycles. The summed E-state index contributed by atoms with van der Waals surface area (Å²) in [4.78, 5) is 39.2. The Labute approximate surface area is 196 Å². The number of carbonyl (C=O) groups is 3. The van der Waals surface area contributed by atoms with E-state index in [1.54, 1.807) is 48.5 Å². The van der Waals surface area contributed by atoms with Crippen molar-refractivity contribution in [2.24, 2.45) is 0 Å². The Kier molecular flexibility index (Phi) is 10.1. The van der Waals surface area contributed by atoms with Gasteiger partial charge in [0, 0.05) is 28.2 Å². The lowest BCUT2D eigenvalue weighted by atomic mass is 10.2. The number of anilines is 1. The molecule has 0 aliphatic heterocycles. The van der Waals surface area contributed by atoms with Gasteiger partial charge in [-0.15, -0.1) is 11.8 Å². The molecule has 0 saturated carbocycles. The molecule has 2 aromatic carbocycles. The summed E-state index contributed by atoms with van der Waals surface area (Å²) in [6.07, 6.45) is 0.115. The zero-order valence-corrected chi connectivity index (χ0v) is 19.4. The van der Waals surface area contributed by atoms with Gasteiger partial charge in [0.2, 0.25) is 5.91 Å². The molecule has 0 unspecified atom stereocenters. The van der Waals surface area contributed by atoms with E-state index in [1.165, 1.54) is 16.7 Å². The number of ether oxygens (including phenoxy) is 1. The molecule has 0 saturated heterocycles. The van der Waals surface area contributed by atoms with E-state index < -0.39 is 18.5 Å². The number of nitrogens with zero attached hydrogens (tertiary/aromatic N) is 2. The fourth-order valence-corrected chi connectivity index (χ4v) is 3.79. The van der Waals surface area contributed by atoms with Crippen molar-refractivity contribution >= 4 is 46.8 Å². The predicted octanol–water partition coefficient (Wildman–Crippen LogP) is 4.06. The van der Waals surface area contributed by atoms with E-state index in [9.17, 15) is 14.4 Å². The molecule has 7 nitrogen and oxygen atoms in total. The van der Waals surface area contributed by atoms with Crippen molar-refractivity contribution < 1.29 is 19.1 Å². The highest BCUT2D eigenvalue weighted by atomic mass is 35.5. The van der Waals surface area contributed by atoms with Gasteiger partial charge >= 0.3 is 5.97 Å². The lowest BCUT2D eigenvalue weighted by molar-refractivity contribution is -0.121. The number of esters is 1. The molecule has 0 atom stereocenters. The first-order valence-corrected chi connectivity index (χ1v) is 11.3. The number of hydrogen-bond acceptors (Lipinski definition) is 6. The average Bonchev–Trinajstić information content (AvgIpc) is 2.76. The normalized spacial score (nSPS) is 10.3. The van der Waals surface area contributed by atoms with E-state index in [0.29, 0.717) is 15.6 Å². The summed E-state index contributed by atoms with van der Waals surface area (Å²) in [7, 11) is 0. The van der Waals surface area contributed by atoms with Crippen LogP contribution in [0.5, 0.6) is 0 Å². The van der Waals surface area contributed by atoms with Crippen LogP contribution in [0, 0.1) is 11.3 Å². The molecular weight excluding hydrogens is 450 g/mol. The van der Waals surface area contributed by atoms with Crippen LogP contribution in [0.4, 0.5) is 5.69 Å². The topological polar surface area (TPSA) is 99.5 Å². The van der Waals surface area contributed by atoms with E-state index in [-0.39, 0.29) is 36.2 Å². The van der Waals surface area contributed by atoms with Crippen molar-refractivity contribution in [3.05, 3.63) is 59.1 Å². The lowest BCUT2D eigenvalue weighted by Gasteiger charge is -2.22. The van der Waals surface area contributed by atoms with Gasteiger partial charge in [0.15, 0.2) is 6.61 Å². The standard InChI is InChI=1S/C23H24ClN3O4S/c1-16(2)26-21(28)15-32-20-10-4-3-9-19(20)23(30)31-14-22(29)27(12-6-11-25)18-8-5-7-17(24)13-18/h3-5,7-10,13,16H,6,12,14-15H2,1-2H3,(H,26,28). The van der Waals surface area contributed by atoms with Gasteiger partial charge in [0.25, 0.3) is 5.91 Å². The third-order valence-corrected chi connectivity index (χ3v) is 5.42. The van der Waals surface area contributed by atoms with Crippen molar-refractivity contribution in [3.8, 4) is 6.07 Å². The summed E-state index contributed by atoms with van der Waals surface area (Å²) in [5, 5.41) is 12.1. The van der Waals surface area contributed by atoms with E-state index >= 15 is 0 Å². The van der Waals surface area contributed by atoms with Crippen LogP contribution >= 0.6 is 23.4 Å². The monoisotopic (exact) mass is 473 g/mol. The molecule has 2 amide bonds. The van der Waals surface area contributed by atoms with Crippen LogP contribution in [-0.2, 0) is 14.3 Å². The number of halogens is 1. The van der Waals surface area contributed by atoms with E-state index in [2.05, 4.69) is 5.32 Å². The molecule has 2 aromatic rings. The second kappa shape index (κ2) is 12.7. The van der Waals surface area contributed by atoms with Gasteiger partial charge in [-0.3, -0.25) is 9.59 Å². The average molecular weight is 474 g/mol. The lowest BCUT2D eigenvalue weighted by Crippen LogP contribution is -2.35. The van der Waals surface area contributed by atoms with Crippen molar-refractivity contribution in [3.63, 3.8) is 0 Å². The number of hydrogen-bond donors (Lipinski definition) is 1. The van der Waals surface area contributed by atoms with Gasteiger partial charge in [-0.1, -0.05) is 29.8 Å². The summed E-state index contributed by atoms with van der Waals surface area (Å²) in [6.45, 7) is 3.39. The van der Waals surface area contributed by atoms with E-state index in [4.69, 9.17) is 21.6 Å². The van der Waals surface area contributed by atoms with E-state index in [0.717, 1.165) is 0 Å². The Bertz CT molecular complexity index is 1010. The number of nitrogens with one attached hydrogen (secondary N) is 1. The second-order valence-electron chi connectivity index (χ2n) is 7.02. The molecule has 0 aliphatic rings. The van der Waals surface area contributed by atoms with Gasteiger partial charge in [-0.2, -0.15) is 5.26 Å². The van der Waals surface area contributed by atoms with Gasteiger partial charge in [-0.05, 0) is 44.2 Å². The second-order valence-corrected chi connectivity index (χ2v) is 8.47. The molecule has 0 aromatic heterocycles. The quantitative estimate of drug-likeness (QED) is 0.412. The van der Waals surface area contributed by atoms with Crippen molar-refractivity contribution in [1.29, 1.82) is 5.26 Å². The molecule has 0 bridgehead atoms. The molecule has 32 heavy (non-hydrogen) atoms. The zero-order valence-electron chi connectivity index (χ0n) is 17.8. The predicted molar refractivity (Wildman–Crippen MR) is 125 cm³/mol. The molecule has 0 spiro atoms. The van der Waals surface area contributed by atoms with E-state index in [1.807, 2.05) is 19.9 Å². The minimum atomic E-state index is -0.669. The maximum atomic E-state index is 12.7. The Morgan fingerprint density at radius 3 is 2.62 bits per heavy atom. The zero-order chi connectivity index (χ0) is 23.5. The number of amides is 2. The smallest absolute Gasteiger partial charge is 0.339 e. The maximum Gasteiger partial charge on any atom is 0.339 e. The van der Waals surface area contributed by atoms with Crippen LogP contribution in [0.1, 0.15) is 30.6 Å². The van der Waals surface area contributed by atoms with Crippen LogP contribution in [0.25, 0.3) is 0 Å². The molecule has 168 valence electrons. The molecule has 0 heterocycles. The highest BCUT2D eigenvalue weighted by Gasteiger charge is 2.20. The van der Waals surface area contributed by atoms with Gasteiger partial charge in [0.05, 0.1) is 23.8 Å².